The van der Waals surface area contributed by atoms with E-state index in [4.69, 9.17) is 25.8 Å². The van der Waals surface area contributed by atoms with Gasteiger partial charge in [-0.15, -0.1) is 0 Å². The molecular formula is C25H25ClN2O4S. The van der Waals surface area contributed by atoms with Crippen LogP contribution in [0.1, 0.15) is 37.9 Å². The highest BCUT2D eigenvalue weighted by molar-refractivity contribution is 8.16. The lowest BCUT2D eigenvalue weighted by Gasteiger charge is -2.33. The molecule has 6 nitrogen and oxygen atoms in total. The second kappa shape index (κ2) is 10.4. The number of amidine groups is 1. The molecule has 0 fully saturated rings. The molecule has 0 unspecified atom stereocenters. The van der Waals surface area contributed by atoms with E-state index in [0.29, 0.717) is 41.0 Å². The van der Waals surface area contributed by atoms with Crippen molar-refractivity contribution in [3.05, 3.63) is 81.5 Å². The predicted molar refractivity (Wildman–Crippen MR) is 131 cm³/mol. The van der Waals surface area contributed by atoms with Gasteiger partial charge in [-0.2, -0.15) is 0 Å². The number of nitrogens with zero attached hydrogens (tertiary/aromatic N) is 2. The number of fused-ring (bicyclic) bond motifs is 1. The number of hydrogen-bond donors (Lipinski definition) is 0. The normalized spacial score (nSPS) is 17.0. The Kier molecular flexibility index (Phi) is 7.30. The number of ether oxygens (including phenoxy) is 3. The Morgan fingerprint density at radius 1 is 1.15 bits per heavy atom. The third-order valence-corrected chi connectivity index (χ3v) is 6.24. The summed E-state index contributed by atoms with van der Waals surface area (Å²) in [5, 5.41) is 3.15. The van der Waals surface area contributed by atoms with Gasteiger partial charge in [0.15, 0.2) is 16.7 Å². The van der Waals surface area contributed by atoms with Crippen LogP contribution >= 0.6 is 23.4 Å². The molecule has 2 heterocycles. The Balaban J connectivity index is 1.74. The highest BCUT2D eigenvalue weighted by Crippen LogP contribution is 2.45. The molecule has 0 bridgehead atoms. The maximum Gasteiger partial charge on any atom is 0.338 e. The van der Waals surface area contributed by atoms with E-state index in [9.17, 15) is 4.79 Å². The number of thioether (sulfide) groups is 1. The Labute approximate surface area is 202 Å². The van der Waals surface area contributed by atoms with Crippen LogP contribution in [0.5, 0.6) is 11.5 Å². The van der Waals surface area contributed by atoms with E-state index in [1.54, 1.807) is 6.92 Å². The van der Waals surface area contributed by atoms with Gasteiger partial charge in [0.05, 0.1) is 35.5 Å². The maximum atomic E-state index is 12.9. The van der Waals surface area contributed by atoms with Gasteiger partial charge in [0, 0.05) is 6.20 Å². The van der Waals surface area contributed by atoms with Crippen molar-refractivity contribution in [3.63, 3.8) is 0 Å². The van der Waals surface area contributed by atoms with Gasteiger partial charge in [-0.3, -0.25) is 0 Å². The largest absolute Gasteiger partial charge is 0.490 e. The van der Waals surface area contributed by atoms with E-state index < -0.39 is 12.0 Å². The van der Waals surface area contributed by atoms with Crippen molar-refractivity contribution in [3.8, 4) is 11.5 Å². The monoisotopic (exact) mass is 484 g/mol. The molecular weight excluding hydrogens is 460 g/mol. The molecule has 4 rings (SSSR count). The summed E-state index contributed by atoms with van der Waals surface area (Å²) in [4.78, 5) is 19.5. The first kappa shape index (κ1) is 23.3. The number of allylic oxidation sites excluding steroid dienone is 1. The van der Waals surface area contributed by atoms with Crippen molar-refractivity contribution < 1.29 is 19.0 Å². The van der Waals surface area contributed by atoms with Crippen LogP contribution in [0.15, 0.2) is 70.3 Å². The van der Waals surface area contributed by atoms with Crippen LogP contribution in [0.2, 0.25) is 5.02 Å². The highest BCUT2D eigenvalue weighted by atomic mass is 35.5. The number of benzene rings is 2. The van der Waals surface area contributed by atoms with Gasteiger partial charge in [0.25, 0.3) is 0 Å². The Morgan fingerprint density at radius 3 is 2.67 bits per heavy atom. The first-order chi connectivity index (χ1) is 16.0. The predicted octanol–water partition coefficient (Wildman–Crippen LogP) is 6.09. The molecule has 8 heteroatoms. The summed E-state index contributed by atoms with van der Waals surface area (Å²) < 4.78 is 17.3. The van der Waals surface area contributed by atoms with Crippen molar-refractivity contribution in [1.82, 2.24) is 4.90 Å². The lowest BCUT2D eigenvalue weighted by molar-refractivity contribution is -0.139. The first-order valence-electron chi connectivity index (χ1n) is 10.7. The van der Waals surface area contributed by atoms with Crippen molar-refractivity contribution in [2.24, 2.45) is 4.99 Å². The quantitative estimate of drug-likeness (QED) is 0.423. The van der Waals surface area contributed by atoms with Crippen LogP contribution in [0.4, 0.5) is 0 Å². The smallest absolute Gasteiger partial charge is 0.338 e. The summed E-state index contributed by atoms with van der Waals surface area (Å²) in [5.41, 5.74) is 2.91. The summed E-state index contributed by atoms with van der Waals surface area (Å²) in [6.07, 6.45) is 1.91. The van der Waals surface area contributed by atoms with Gasteiger partial charge in [-0.1, -0.05) is 53.7 Å². The molecule has 2 aliphatic heterocycles. The summed E-state index contributed by atoms with van der Waals surface area (Å²) in [6, 6.07) is 13.1. The molecule has 0 saturated heterocycles. The van der Waals surface area contributed by atoms with Crippen molar-refractivity contribution in [2.45, 2.75) is 33.4 Å². The molecule has 0 aromatic heterocycles. The van der Waals surface area contributed by atoms with Gasteiger partial charge < -0.3 is 19.1 Å². The van der Waals surface area contributed by atoms with Gasteiger partial charge in [-0.25, -0.2) is 9.79 Å². The average Bonchev–Trinajstić information content (AvgIpc) is 3.26. The molecule has 33 heavy (non-hydrogen) atoms. The van der Waals surface area contributed by atoms with Crippen LogP contribution in [0, 0.1) is 0 Å². The number of carbonyl (C=O) groups excluding carboxylic acids is 1. The van der Waals surface area contributed by atoms with E-state index in [2.05, 4.69) is 4.99 Å². The molecule has 0 aliphatic carbocycles. The Bertz CT molecular complexity index is 1130. The van der Waals surface area contributed by atoms with E-state index in [0.717, 1.165) is 16.3 Å². The number of esters is 1. The van der Waals surface area contributed by atoms with E-state index in [1.807, 2.05) is 72.8 Å². The minimum absolute atomic E-state index is 0.278. The topological polar surface area (TPSA) is 60.4 Å². The molecule has 0 radical (unpaired) electrons. The highest BCUT2D eigenvalue weighted by Gasteiger charge is 2.38. The maximum absolute atomic E-state index is 12.9. The average molecular weight is 485 g/mol. The zero-order chi connectivity index (χ0) is 23.4. The second-order valence-electron chi connectivity index (χ2n) is 7.36. The van der Waals surface area contributed by atoms with Crippen molar-refractivity contribution in [2.75, 3.05) is 13.2 Å². The molecule has 0 spiro atoms. The molecule has 0 amide bonds. The molecule has 0 N–H and O–H groups in total. The molecule has 2 aromatic carbocycles. The number of hydrogen-bond acceptors (Lipinski definition) is 7. The summed E-state index contributed by atoms with van der Waals surface area (Å²) in [6.45, 7) is 6.60. The van der Waals surface area contributed by atoms with Crippen LogP contribution < -0.4 is 9.47 Å². The van der Waals surface area contributed by atoms with Gasteiger partial charge >= 0.3 is 5.97 Å². The van der Waals surface area contributed by atoms with Gasteiger partial charge in [0.1, 0.15) is 6.61 Å². The van der Waals surface area contributed by atoms with Gasteiger partial charge in [-0.05, 0) is 49.4 Å². The lowest BCUT2D eigenvalue weighted by Crippen LogP contribution is -2.34. The molecule has 0 saturated carbocycles. The SMILES string of the molecule is CCOC(=O)C1=C(C)N=C2SC=CN2[C@H]1c1cc(Cl)c(OCc2ccccc2)c(OCC)c1. The van der Waals surface area contributed by atoms with Crippen LogP contribution in [-0.2, 0) is 16.1 Å². The molecule has 1 atom stereocenters. The van der Waals surface area contributed by atoms with E-state index >= 15 is 0 Å². The third-order valence-electron chi connectivity index (χ3n) is 5.19. The summed E-state index contributed by atoms with van der Waals surface area (Å²) in [7, 11) is 0. The lowest BCUT2D eigenvalue weighted by atomic mass is 9.94. The second-order valence-corrected chi connectivity index (χ2v) is 8.64. The van der Waals surface area contributed by atoms with Crippen molar-refractivity contribution in [1.29, 1.82) is 0 Å². The minimum atomic E-state index is -0.442. The third kappa shape index (κ3) is 4.89. The van der Waals surface area contributed by atoms with Crippen LogP contribution in [0.25, 0.3) is 0 Å². The number of halogens is 1. The van der Waals surface area contributed by atoms with Crippen LogP contribution in [0.3, 0.4) is 0 Å². The molecule has 2 aromatic rings. The van der Waals surface area contributed by atoms with Gasteiger partial charge in [0.2, 0.25) is 0 Å². The standard InChI is InChI=1S/C25H25ClN2O4S/c1-4-30-20-14-18(13-19(26)23(20)32-15-17-9-7-6-8-10-17)22-21(24(29)31-5-2)16(3)27-25-28(22)11-12-33-25/h6-14,22H,4-5,15H2,1-3H3/t22-/m0/s1. The minimum Gasteiger partial charge on any atom is -0.490 e. The summed E-state index contributed by atoms with van der Waals surface area (Å²) in [5.74, 6) is 0.601. The van der Waals surface area contributed by atoms with E-state index in [1.165, 1.54) is 11.8 Å². The number of carbonyl (C=O) groups is 1. The molecule has 172 valence electrons. The Morgan fingerprint density at radius 2 is 1.94 bits per heavy atom. The zero-order valence-corrected chi connectivity index (χ0v) is 20.3. The van der Waals surface area contributed by atoms with Crippen LogP contribution in [-0.4, -0.2) is 29.3 Å². The zero-order valence-electron chi connectivity index (χ0n) is 18.7. The fourth-order valence-corrected chi connectivity index (χ4v) is 4.84. The molecule has 2 aliphatic rings. The fraction of sp³-hybridized carbons (Fsp3) is 0.280. The van der Waals surface area contributed by atoms with Crippen molar-refractivity contribution >= 4 is 34.5 Å². The van der Waals surface area contributed by atoms with E-state index in [-0.39, 0.29) is 6.61 Å². The Hall–Kier alpha value is -2.90. The summed E-state index contributed by atoms with van der Waals surface area (Å²) >= 11 is 8.22. The number of aliphatic imine (C=N–C) groups is 1. The fourth-order valence-electron chi connectivity index (χ4n) is 3.78. The number of rotatable bonds is 8. The first-order valence-corrected chi connectivity index (χ1v) is 12.0.